The van der Waals surface area contributed by atoms with E-state index in [4.69, 9.17) is 15.2 Å². The largest absolute Gasteiger partial charge is 0.379 e. The fourth-order valence-electron chi connectivity index (χ4n) is 2.35. The van der Waals surface area contributed by atoms with Crippen molar-refractivity contribution in [3.8, 4) is 0 Å². The van der Waals surface area contributed by atoms with E-state index in [1.54, 1.807) is 0 Å². The number of hydrogen-bond donors (Lipinski definition) is 1. The minimum atomic E-state index is 0.00146. The molecular formula is C14H21NO2. The van der Waals surface area contributed by atoms with Gasteiger partial charge in [-0.15, -0.1) is 0 Å². The van der Waals surface area contributed by atoms with Gasteiger partial charge in [0.15, 0.2) is 0 Å². The first-order chi connectivity index (χ1) is 8.33. The molecule has 1 aliphatic rings. The third-order valence-corrected chi connectivity index (χ3v) is 3.28. The van der Waals surface area contributed by atoms with E-state index in [0.29, 0.717) is 13.2 Å². The molecule has 0 radical (unpaired) electrons. The highest BCUT2D eigenvalue weighted by atomic mass is 16.5. The van der Waals surface area contributed by atoms with E-state index < -0.39 is 0 Å². The molecule has 94 valence electrons. The average molecular weight is 235 g/mol. The quantitative estimate of drug-likeness (QED) is 0.794. The van der Waals surface area contributed by atoms with Crippen molar-refractivity contribution in [1.82, 2.24) is 0 Å². The third-order valence-electron chi connectivity index (χ3n) is 3.28. The lowest BCUT2D eigenvalue weighted by Crippen LogP contribution is -2.34. The van der Waals surface area contributed by atoms with Crippen LogP contribution in [0, 0.1) is 0 Å². The zero-order chi connectivity index (χ0) is 12.1. The molecule has 0 aliphatic heterocycles. The molecule has 1 aromatic rings. The molecule has 0 spiro atoms. The summed E-state index contributed by atoms with van der Waals surface area (Å²) in [5.41, 5.74) is 8.84. The maximum absolute atomic E-state index is 6.24. The molecule has 0 saturated heterocycles. The topological polar surface area (TPSA) is 44.5 Å². The SMILES string of the molecule is CCOCCOC1CCc2ccccc2C1N. The first-order valence-electron chi connectivity index (χ1n) is 6.35. The molecule has 2 unspecified atom stereocenters. The Morgan fingerprint density at radius 2 is 2.12 bits per heavy atom. The molecule has 0 aromatic heterocycles. The summed E-state index contributed by atoms with van der Waals surface area (Å²) in [5.74, 6) is 0. The average Bonchev–Trinajstić information content (AvgIpc) is 2.37. The van der Waals surface area contributed by atoms with Gasteiger partial charge in [-0.25, -0.2) is 0 Å². The Morgan fingerprint density at radius 3 is 2.94 bits per heavy atom. The van der Waals surface area contributed by atoms with Gasteiger partial charge in [0, 0.05) is 6.61 Å². The Balaban J connectivity index is 1.90. The van der Waals surface area contributed by atoms with Gasteiger partial charge >= 0.3 is 0 Å². The summed E-state index contributed by atoms with van der Waals surface area (Å²) in [6.45, 7) is 4.02. The molecule has 17 heavy (non-hydrogen) atoms. The second kappa shape index (κ2) is 6.15. The van der Waals surface area contributed by atoms with Gasteiger partial charge < -0.3 is 15.2 Å². The molecule has 0 saturated carbocycles. The van der Waals surface area contributed by atoms with Crippen LogP contribution in [0.5, 0.6) is 0 Å². The summed E-state index contributed by atoms with van der Waals surface area (Å²) in [6.07, 6.45) is 2.19. The van der Waals surface area contributed by atoms with Gasteiger partial charge in [0.25, 0.3) is 0 Å². The van der Waals surface area contributed by atoms with E-state index in [1.807, 2.05) is 13.0 Å². The highest BCUT2D eigenvalue weighted by molar-refractivity contribution is 5.33. The zero-order valence-corrected chi connectivity index (χ0v) is 10.4. The highest BCUT2D eigenvalue weighted by Gasteiger charge is 2.26. The molecule has 2 N–H and O–H groups in total. The number of nitrogens with two attached hydrogens (primary N) is 1. The predicted molar refractivity (Wildman–Crippen MR) is 67.9 cm³/mol. The Bertz CT molecular complexity index is 354. The molecule has 2 atom stereocenters. The smallest absolute Gasteiger partial charge is 0.0772 e. The van der Waals surface area contributed by atoms with Crippen molar-refractivity contribution >= 4 is 0 Å². The van der Waals surface area contributed by atoms with Crippen LogP contribution in [0.2, 0.25) is 0 Å². The summed E-state index contributed by atoms with van der Waals surface area (Å²) in [6, 6.07) is 8.38. The summed E-state index contributed by atoms with van der Waals surface area (Å²) in [5, 5.41) is 0. The van der Waals surface area contributed by atoms with Crippen LogP contribution in [0.3, 0.4) is 0 Å². The fourth-order valence-corrected chi connectivity index (χ4v) is 2.35. The first-order valence-corrected chi connectivity index (χ1v) is 6.35. The number of fused-ring (bicyclic) bond motifs is 1. The van der Waals surface area contributed by atoms with E-state index in [-0.39, 0.29) is 12.1 Å². The molecule has 3 nitrogen and oxygen atoms in total. The van der Waals surface area contributed by atoms with Gasteiger partial charge in [0.2, 0.25) is 0 Å². The molecule has 0 amide bonds. The van der Waals surface area contributed by atoms with Crippen molar-refractivity contribution in [3.05, 3.63) is 35.4 Å². The Morgan fingerprint density at radius 1 is 1.29 bits per heavy atom. The van der Waals surface area contributed by atoms with Gasteiger partial charge in [-0.2, -0.15) is 0 Å². The molecule has 1 aromatic carbocycles. The van der Waals surface area contributed by atoms with Crippen molar-refractivity contribution in [3.63, 3.8) is 0 Å². The summed E-state index contributed by atoms with van der Waals surface area (Å²) in [7, 11) is 0. The lowest BCUT2D eigenvalue weighted by atomic mass is 9.86. The fraction of sp³-hybridized carbons (Fsp3) is 0.571. The van der Waals surface area contributed by atoms with Crippen molar-refractivity contribution in [2.45, 2.75) is 31.9 Å². The maximum atomic E-state index is 6.24. The van der Waals surface area contributed by atoms with Crippen molar-refractivity contribution < 1.29 is 9.47 Å². The maximum Gasteiger partial charge on any atom is 0.0772 e. The van der Waals surface area contributed by atoms with Crippen LogP contribution >= 0.6 is 0 Å². The Kier molecular flexibility index (Phi) is 4.54. The molecule has 0 bridgehead atoms. The highest BCUT2D eigenvalue weighted by Crippen LogP contribution is 2.29. The number of ether oxygens (including phenoxy) is 2. The van der Waals surface area contributed by atoms with Crippen LogP contribution in [0.25, 0.3) is 0 Å². The third kappa shape index (κ3) is 3.06. The first kappa shape index (κ1) is 12.6. The molecule has 0 fully saturated rings. The van der Waals surface area contributed by atoms with E-state index in [1.165, 1.54) is 11.1 Å². The monoisotopic (exact) mass is 235 g/mol. The Hall–Kier alpha value is -0.900. The number of rotatable bonds is 5. The van der Waals surface area contributed by atoms with Crippen LogP contribution in [-0.2, 0) is 15.9 Å². The summed E-state index contributed by atoms with van der Waals surface area (Å²) < 4.78 is 11.1. The lowest BCUT2D eigenvalue weighted by Gasteiger charge is -2.30. The van der Waals surface area contributed by atoms with Crippen LogP contribution < -0.4 is 5.73 Å². The lowest BCUT2D eigenvalue weighted by molar-refractivity contribution is -0.0105. The van der Waals surface area contributed by atoms with E-state index in [9.17, 15) is 0 Å². The Labute approximate surface area is 103 Å². The standard InChI is InChI=1S/C14H21NO2/c1-2-16-9-10-17-13-8-7-11-5-3-4-6-12(11)14(13)15/h3-6,13-14H,2,7-10,15H2,1H3. The van der Waals surface area contributed by atoms with Crippen molar-refractivity contribution in [2.24, 2.45) is 5.73 Å². The number of hydrogen-bond acceptors (Lipinski definition) is 3. The second-order valence-electron chi connectivity index (χ2n) is 4.37. The molecule has 1 aliphatic carbocycles. The molecule has 0 heterocycles. The van der Waals surface area contributed by atoms with Gasteiger partial charge in [-0.3, -0.25) is 0 Å². The molecular weight excluding hydrogens is 214 g/mol. The van der Waals surface area contributed by atoms with E-state index in [2.05, 4.69) is 18.2 Å². The van der Waals surface area contributed by atoms with Gasteiger partial charge in [0.1, 0.15) is 0 Å². The van der Waals surface area contributed by atoms with Crippen molar-refractivity contribution in [1.29, 1.82) is 0 Å². The van der Waals surface area contributed by atoms with Gasteiger partial charge in [-0.1, -0.05) is 24.3 Å². The zero-order valence-electron chi connectivity index (χ0n) is 10.4. The van der Waals surface area contributed by atoms with Crippen LogP contribution in [0.1, 0.15) is 30.5 Å². The normalized spacial score (nSPS) is 23.4. The van der Waals surface area contributed by atoms with Crippen LogP contribution in [0.15, 0.2) is 24.3 Å². The van der Waals surface area contributed by atoms with Crippen molar-refractivity contribution in [2.75, 3.05) is 19.8 Å². The summed E-state index contributed by atoms with van der Waals surface area (Å²) in [4.78, 5) is 0. The van der Waals surface area contributed by atoms with Gasteiger partial charge in [0.05, 0.1) is 25.4 Å². The van der Waals surface area contributed by atoms with E-state index in [0.717, 1.165) is 19.4 Å². The minimum absolute atomic E-state index is 0.00146. The number of benzene rings is 1. The number of aryl methyl sites for hydroxylation is 1. The minimum Gasteiger partial charge on any atom is -0.379 e. The van der Waals surface area contributed by atoms with Crippen LogP contribution in [-0.4, -0.2) is 25.9 Å². The van der Waals surface area contributed by atoms with E-state index >= 15 is 0 Å². The van der Waals surface area contributed by atoms with Crippen LogP contribution in [0.4, 0.5) is 0 Å². The molecule has 2 rings (SSSR count). The predicted octanol–water partition coefficient (Wildman–Crippen LogP) is 2.05. The molecule has 3 heteroatoms. The second-order valence-corrected chi connectivity index (χ2v) is 4.37. The van der Waals surface area contributed by atoms with Gasteiger partial charge in [-0.05, 0) is 30.9 Å². The summed E-state index contributed by atoms with van der Waals surface area (Å²) >= 11 is 0.